The zero-order valence-electron chi connectivity index (χ0n) is 37.2. The summed E-state index contributed by atoms with van der Waals surface area (Å²) in [6.45, 7) is 4.26. The molecule has 2 fully saturated rings. The summed E-state index contributed by atoms with van der Waals surface area (Å²) in [6, 6.07) is 7.12. The summed E-state index contributed by atoms with van der Waals surface area (Å²) in [5.41, 5.74) is 0.446. The van der Waals surface area contributed by atoms with Crippen molar-refractivity contribution in [1.82, 2.24) is 40.7 Å². The lowest BCUT2D eigenvalue weighted by Crippen LogP contribution is -2.51. The predicted molar refractivity (Wildman–Crippen MR) is 243 cm³/mol. The van der Waals surface area contributed by atoms with Crippen LogP contribution >= 0.6 is 23.8 Å². The van der Waals surface area contributed by atoms with E-state index in [1.165, 1.54) is 50.6 Å². The van der Waals surface area contributed by atoms with Crippen molar-refractivity contribution in [2.45, 2.75) is 106 Å². The average molecular weight is 1020 g/mol. The minimum absolute atomic E-state index is 0.0312. The Hall–Kier alpha value is -5.83. The van der Waals surface area contributed by atoms with Crippen LogP contribution in [0, 0.1) is 29.4 Å². The fourth-order valence-electron chi connectivity index (χ4n) is 8.72. The number of hydrogen-bond acceptors (Lipinski definition) is 9. The molecule has 3 atom stereocenters. The molecule has 0 unspecified atom stereocenters. The molecular formula is C45H43ClF7N9O5S2. The molecule has 0 bridgehead atoms. The molecule has 8 rings (SSSR count). The van der Waals surface area contributed by atoms with E-state index in [-0.39, 0.29) is 56.7 Å². The Labute approximate surface area is 400 Å². The monoisotopic (exact) mass is 1020 g/mol. The number of aryl methyl sites for hydroxylation is 1. The van der Waals surface area contributed by atoms with Gasteiger partial charge in [0.05, 0.1) is 32.9 Å². The van der Waals surface area contributed by atoms with Crippen molar-refractivity contribution in [2.24, 2.45) is 13.0 Å². The highest BCUT2D eigenvalue weighted by Gasteiger charge is 2.63. The number of amides is 2. The number of benzene rings is 2. The van der Waals surface area contributed by atoms with Crippen LogP contribution in [0.3, 0.4) is 0 Å². The highest BCUT2D eigenvalue weighted by atomic mass is 35.5. The lowest BCUT2D eigenvalue weighted by Gasteiger charge is -2.34. The van der Waals surface area contributed by atoms with Crippen LogP contribution in [0.15, 0.2) is 42.5 Å². The first-order chi connectivity index (χ1) is 32.1. The van der Waals surface area contributed by atoms with Crippen molar-refractivity contribution < 1.29 is 53.8 Å². The lowest BCUT2D eigenvalue weighted by atomic mass is 9.73. The summed E-state index contributed by atoms with van der Waals surface area (Å²) >= 11 is 12.1. The maximum Gasteiger partial charge on any atom is 0.435 e. The molecule has 14 nitrogen and oxygen atoms in total. The Morgan fingerprint density at radius 1 is 0.986 bits per heavy atom. The summed E-state index contributed by atoms with van der Waals surface area (Å²) in [4.78, 5) is 31.3. The fourth-order valence-corrected chi connectivity index (χ4v) is 10.9. The van der Waals surface area contributed by atoms with Crippen LogP contribution in [0.25, 0.3) is 22.0 Å². The van der Waals surface area contributed by atoms with Gasteiger partial charge in [0.15, 0.2) is 26.5 Å². The summed E-state index contributed by atoms with van der Waals surface area (Å²) in [5.74, 6) is -4.50. The third kappa shape index (κ3) is 9.47. The molecule has 0 spiro atoms. The number of pyridine rings is 1. The van der Waals surface area contributed by atoms with Crippen LogP contribution in [-0.2, 0) is 51.5 Å². The van der Waals surface area contributed by atoms with E-state index in [2.05, 4.69) is 43.5 Å². The van der Waals surface area contributed by atoms with Crippen LogP contribution in [-0.4, -0.2) is 70.6 Å². The second-order valence-electron chi connectivity index (χ2n) is 18.3. The van der Waals surface area contributed by atoms with Gasteiger partial charge in [0, 0.05) is 35.7 Å². The zero-order chi connectivity index (χ0) is 50.3. The summed E-state index contributed by atoms with van der Waals surface area (Å²) < 4.78 is 131. The number of fused-ring (bicyclic) bond motifs is 4. The number of carbonyl (C=O) groups excluding carboxylic acids is 2. The minimum Gasteiger partial charge on any atom is -0.381 e. The van der Waals surface area contributed by atoms with Gasteiger partial charge in [-0.25, -0.2) is 22.2 Å². The van der Waals surface area contributed by atoms with Gasteiger partial charge < -0.3 is 15.7 Å². The molecule has 366 valence electrons. The maximum absolute atomic E-state index is 15.8. The van der Waals surface area contributed by atoms with E-state index in [1.54, 1.807) is 13.1 Å². The van der Waals surface area contributed by atoms with E-state index in [1.807, 2.05) is 0 Å². The molecule has 69 heavy (non-hydrogen) atoms. The predicted octanol–water partition coefficient (Wildman–Crippen LogP) is 7.28. The first kappa shape index (κ1) is 49.6. The van der Waals surface area contributed by atoms with Crippen molar-refractivity contribution in [3.63, 3.8) is 0 Å². The van der Waals surface area contributed by atoms with Gasteiger partial charge in [0.25, 0.3) is 11.8 Å². The number of nitrogens with one attached hydrogen (secondary N) is 4. The standard InChI is InChI=1S/C45H43ClF7N9O5S2/c1-42(2,69(66,67)25-7-8-25)15-14-24-6-9-26(27-11-13-30(46)34-36(27)61(5)60-39(34)56-41(68)58-57-40(64)43(3,4)65)35(54-24)31(18-21-16-22(47)19-23(48)17-21)55-32(63)20-62-38-33(37(59-62)45(51,52)53)28-10-12-29(28)44(38,49)50/h6,9,11,13,16-17,19,25,28-29,31,65H,7-8,10,12,18,20H2,1-5H3,(H,55,63)(H,57,64)(H2,56,58,60,68)/t28-,29+,31-/m0/s1. The van der Waals surface area contributed by atoms with E-state index < -0.39 is 109 Å². The van der Waals surface area contributed by atoms with E-state index >= 15 is 8.78 Å². The number of hydrogen-bond donors (Lipinski definition) is 5. The van der Waals surface area contributed by atoms with Gasteiger partial charge >= 0.3 is 6.18 Å². The van der Waals surface area contributed by atoms with Crippen molar-refractivity contribution in [3.8, 4) is 23.0 Å². The lowest BCUT2D eigenvalue weighted by molar-refractivity contribution is -0.144. The molecule has 2 amide bonds. The average Bonchev–Trinajstić information content (AvgIpc) is 3.91. The smallest absolute Gasteiger partial charge is 0.381 e. The number of carbonyl (C=O) groups is 2. The first-order valence-electron chi connectivity index (χ1n) is 21.4. The summed E-state index contributed by atoms with van der Waals surface area (Å²) in [6.07, 6.45) is -4.57. The van der Waals surface area contributed by atoms with Gasteiger partial charge in [-0.2, -0.15) is 32.1 Å². The van der Waals surface area contributed by atoms with Crippen LogP contribution in [0.1, 0.15) is 99.2 Å². The van der Waals surface area contributed by atoms with Gasteiger partial charge in [0.1, 0.15) is 39.9 Å². The highest BCUT2D eigenvalue weighted by Crippen LogP contribution is 2.64. The normalized spacial score (nSPS) is 18.1. The molecule has 5 N–H and O–H groups in total. The van der Waals surface area contributed by atoms with Gasteiger partial charge in [0.2, 0.25) is 5.91 Å². The molecule has 3 aromatic heterocycles. The van der Waals surface area contributed by atoms with Crippen LogP contribution in [0.4, 0.5) is 36.6 Å². The number of sulfone groups is 1. The molecule has 0 aliphatic heterocycles. The Kier molecular flexibility index (Phi) is 12.6. The number of aliphatic hydroxyl groups is 1. The first-order valence-corrected chi connectivity index (χ1v) is 23.7. The third-order valence-corrected chi connectivity index (χ3v) is 15.8. The van der Waals surface area contributed by atoms with Gasteiger partial charge in [-0.1, -0.05) is 23.6 Å². The Bertz CT molecular complexity index is 3120. The van der Waals surface area contributed by atoms with Crippen molar-refractivity contribution in [2.75, 3.05) is 5.32 Å². The number of thiocarbonyl (C=S) groups is 1. The summed E-state index contributed by atoms with van der Waals surface area (Å²) in [7, 11) is -2.17. The van der Waals surface area contributed by atoms with Gasteiger partial charge in [-0.05, 0) is 120 Å². The number of halogens is 8. The fraction of sp³-hybridized carbons (Fsp3) is 0.422. The number of rotatable bonds is 11. The molecule has 3 aliphatic carbocycles. The topological polar surface area (TPSA) is 185 Å². The van der Waals surface area contributed by atoms with E-state index in [0.29, 0.717) is 34.7 Å². The minimum atomic E-state index is -5.12. The highest BCUT2D eigenvalue weighted by molar-refractivity contribution is 7.93. The SMILES string of the molecule is Cn1nc(NC(=S)NNC(=O)C(C)(C)O)c2c(Cl)ccc(-c3ccc(C#CC(C)(C)S(=O)(=O)C4CC4)nc3[C@H](Cc3cc(F)cc(F)c3)NC(=O)Cn3nc(C(F)(F)F)c4c3C(F)(F)[C@@H]3CC[C@H]43)c21. The number of hydrazine groups is 1. The Morgan fingerprint density at radius 2 is 1.65 bits per heavy atom. The quantitative estimate of drug-likeness (QED) is 0.0388. The molecule has 5 aromatic rings. The molecule has 24 heteroatoms. The van der Waals surface area contributed by atoms with E-state index in [0.717, 1.165) is 12.1 Å². The largest absolute Gasteiger partial charge is 0.435 e. The molecular weight excluding hydrogens is 979 g/mol. The molecule has 3 heterocycles. The Morgan fingerprint density at radius 3 is 2.26 bits per heavy atom. The van der Waals surface area contributed by atoms with E-state index in [9.17, 15) is 45.1 Å². The van der Waals surface area contributed by atoms with Crippen LogP contribution in [0.5, 0.6) is 0 Å². The number of anilines is 1. The number of alkyl halides is 5. The summed E-state index contributed by atoms with van der Waals surface area (Å²) in [5, 5.41) is 23.2. The third-order valence-electron chi connectivity index (χ3n) is 12.4. The Balaban J connectivity index is 1.26. The number of aromatic nitrogens is 5. The van der Waals surface area contributed by atoms with Crippen molar-refractivity contribution in [3.05, 3.63) is 93.0 Å². The van der Waals surface area contributed by atoms with Crippen molar-refractivity contribution >= 4 is 67.3 Å². The molecule has 2 saturated carbocycles. The molecule has 3 aliphatic rings. The molecule has 0 radical (unpaired) electrons. The van der Waals surface area contributed by atoms with Crippen LogP contribution < -0.4 is 21.5 Å². The second-order valence-corrected chi connectivity index (χ2v) is 21.9. The van der Waals surface area contributed by atoms with E-state index in [4.69, 9.17) is 28.8 Å². The van der Waals surface area contributed by atoms with Crippen LogP contribution in [0.2, 0.25) is 5.02 Å². The van der Waals surface area contributed by atoms with Gasteiger partial charge in [-0.3, -0.25) is 29.8 Å². The zero-order valence-corrected chi connectivity index (χ0v) is 39.6. The maximum atomic E-state index is 15.8. The van der Waals surface area contributed by atoms with Gasteiger partial charge in [-0.15, -0.1) is 0 Å². The van der Waals surface area contributed by atoms with Crippen molar-refractivity contribution in [1.29, 1.82) is 0 Å². The number of nitrogens with zero attached hydrogens (tertiary/aromatic N) is 5. The molecule has 2 aromatic carbocycles. The molecule has 0 saturated heterocycles. The second kappa shape index (κ2) is 17.5.